The summed E-state index contributed by atoms with van der Waals surface area (Å²) in [4.78, 5) is 9.94. The molecule has 319 valence electrons. The zero-order valence-corrected chi connectivity index (χ0v) is 41.2. The molecule has 0 aliphatic heterocycles. The molecule has 0 unspecified atom stereocenters. The summed E-state index contributed by atoms with van der Waals surface area (Å²) in [6.07, 6.45) is 3.24. The van der Waals surface area contributed by atoms with E-state index in [0.29, 0.717) is 17.8 Å². The van der Waals surface area contributed by atoms with Crippen LogP contribution in [0, 0.1) is 18.1 Å². The number of para-hydroxylation sites is 3. The number of rotatable bonds is 8. The van der Waals surface area contributed by atoms with Crippen LogP contribution in [0.4, 0.5) is 0 Å². The smallest absolute Gasteiger partial charge is 0.121 e. The predicted molar refractivity (Wildman–Crippen MR) is 266 cm³/mol. The minimum atomic E-state index is -1.34. The van der Waals surface area contributed by atoms with Crippen molar-refractivity contribution in [3.63, 3.8) is 0 Å². The van der Waals surface area contributed by atoms with Crippen LogP contribution in [-0.2, 0) is 26.5 Å². The normalized spacial score (nSPS) is 11.9. The summed E-state index contributed by atoms with van der Waals surface area (Å²) in [7, 11) is -1.34. The van der Waals surface area contributed by atoms with E-state index in [-0.39, 0.29) is 20.1 Å². The fraction of sp³-hybridized carbons (Fsp3) is 0.228. The molecular weight excluding hydrogens is 963 g/mol. The van der Waals surface area contributed by atoms with Crippen LogP contribution in [0.3, 0.4) is 0 Å². The van der Waals surface area contributed by atoms with Gasteiger partial charge in [-0.25, -0.2) is 0 Å². The van der Waals surface area contributed by atoms with Crippen molar-refractivity contribution in [1.82, 2.24) is 14.5 Å². The van der Waals surface area contributed by atoms with Crippen LogP contribution in [0.25, 0.3) is 82.8 Å². The van der Waals surface area contributed by atoms with Gasteiger partial charge in [0.1, 0.15) is 5.58 Å². The summed E-state index contributed by atoms with van der Waals surface area (Å²) in [5, 5.41) is 8.55. The minimum Gasteiger partial charge on any atom is -0.501 e. The Labute approximate surface area is 386 Å². The van der Waals surface area contributed by atoms with Crippen LogP contribution < -0.4 is 5.19 Å². The second-order valence-corrected chi connectivity index (χ2v) is 23.8. The van der Waals surface area contributed by atoms with Gasteiger partial charge >= 0.3 is 0 Å². The fourth-order valence-corrected chi connectivity index (χ4v) is 10.7. The van der Waals surface area contributed by atoms with Crippen molar-refractivity contribution >= 4 is 67.8 Å². The van der Waals surface area contributed by atoms with Gasteiger partial charge in [-0.2, -0.15) is 0 Å². The van der Waals surface area contributed by atoms with E-state index >= 15 is 0 Å². The molecule has 0 saturated heterocycles. The first-order valence-corrected chi connectivity index (χ1v) is 25.6. The Kier molecular flexibility index (Phi) is 12.5. The fourth-order valence-electron chi connectivity index (χ4n) is 9.08. The van der Waals surface area contributed by atoms with Gasteiger partial charge in [0.15, 0.2) is 0 Å². The molecule has 0 amide bonds. The molecule has 0 saturated carbocycles. The van der Waals surface area contributed by atoms with E-state index in [9.17, 15) is 0 Å². The van der Waals surface area contributed by atoms with E-state index in [1.54, 1.807) is 0 Å². The van der Waals surface area contributed by atoms with Crippen molar-refractivity contribution in [2.24, 2.45) is 5.92 Å². The van der Waals surface area contributed by atoms with Gasteiger partial charge in [0.25, 0.3) is 0 Å². The summed E-state index contributed by atoms with van der Waals surface area (Å²) in [6.45, 7) is 20.8. The van der Waals surface area contributed by atoms with Crippen LogP contribution in [0.5, 0.6) is 0 Å². The van der Waals surface area contributed by atoms with E-state index in [0.717, 1.165) is 62.0 Å². The van der Waals surface area contributed by atoms with Gasteiger partial charge in [-0.1, -0.05) is 150 Å². The van der Waals surface area contributed by atoms with Gasteiger partial charge < -0.3 is 14.0 Å². The Bertz CT molecular complexity index is 3220. The third-order valence-corrected chi connectivity index (χ3v) is 14.1. The number of benzene rings is 7. The monoisotopic (exact) mass is 1020 g/mol. The Morgan fingerprint density at radius 2 is 1.37 bits per heavy atom. The Morgan fingerprint density at radius 1 is 0.651 bits per heavy atom. The molecule has 3 aromatic heterocycles. The maximum absolute atomic E-state index is 6.75. The van der Waals surface area contributed by atoms with Gasteiger partial charge in [-0.15, -0.1) is 54.1 Å². The van der Waals surface area contributed by atoms with Gasteiger partial charge in [0, 0.05) is 37.4 Å². The average Bonchev–Trinajstić information content (AvgIpc) is 3.83. The van der Waals surface area contributed by atoms with E-state index in [4.69, 9.17) is 9.40 Å². The molecule has 7 aromatic carbocycles. The first-order chi connectivity index (χ1) is 29.9. The van der Waals surface area contributed by atoms with E-state index < -0.39 is 8.07 Å². The van der Waals surface area contributed by atoms with Crippen molar-refractivity contribution in [3.05, 3.63) is 168 Å². The standard InChI is InChI=1S/C39H31N2O.C18H24NSi.Ir/c1-23(2)27-13-9-14-28(24(3)4)37(27)41-35-18-8-7-17-34(35)40-39(41)31-16-10-15-30-33-21-26-20-19-25-11-5-6-12-29(25)32(26)22-36(33)42-38(30)31;1-14(2)11-16-12-17(15-9-7-6-8-10-15)19-13-18(16)20(3,4)5;/h5-15,17-24H,1-4H3;6-9,12-14H,11H2,1-5H3;/q2*-1;. The molecular formula is C57H55IrN3OSi-2. The molecule has 10 rings (SSSR count). The number of pyridine rings is 1. The number of furan rings is 1. The third-order valence-electron chi connectivity index (χ3n) is 12.1. The van der Waals surface area contributed by atoms with Crippen LogP contribution in [-0.4, -0.2) is 22.6 Å². The van der Waals surface area contributed by atoms with Crippen LogP contribution in [0.2, 0.25) is 19.6 Å². The van der Waals surface area contributed by atoms with Gasteiger partial charge in [0.2, 0.25) is 0 Å². The van der Waals surface area contributed by atoms with Gasteiger partial charge in [-0.05, 0) is 92.0 Å². The zero-order chi connectivity index (χ0) is 43.3. The molecule has 4 nitrogen and oxygen atoms in total. The molecule has 0 spiro atoms. The number of hydrogen-bond donors (Lipinski definition) is 0. The molecule has 0 atom stereocenters. The third kappa shape index (κ3) is 8.45. The van der Waals surface area contributed by atoms with Crippen LogP contribution in [0.1, 0.15) is 70.1 Å². The maximum Gasteiger partial charge on any atom is 0.121 e. The van der Waals surface area contributed by atoms with E-state index in [2.05, 4.69) is 198 Å². The van der Waals surface area contributed by atoms with Crippen LogP contribution in [0.15, 0.2) is 144 Å². The van der Waals surface area contributed by atoms with Crippen LogP contribution >= 0.6 is 0 Å². The molecule has 0 fully saturated rings. The Balaban J connectivity index is 0.000000219. The number of hydrogen-bond acceptors (Lipinski definition) is 3. The second-order valence-electron chi connectivity index (χ2n) is 18.8. The SMILES string of the molecule is CC(C)Cc1cc(-c2[c-]cccc2)ncc1[Si](C)(C)C.CC(C)c1cccc(C(C)C)c1-n1c(-c2[c-]ccc3c2oc2cc4c(ccc5ccccc54)cc23)nc2ccccc21.[Ir]. The molecule has 6 heteroatoms. The molecule has 63 heavy (non-hydrogen) atoms. The quantitative estimate of drug-likeness (QED) is 0.0865. The first-order valence-electron chi connectivity index (χ1n) is 22.1. The molecule has 0 bridgehead atoms. The largest absolute Gasteiger partial charge is 0.501 e. The molecule has 3 heterocycles. The van der Waals surface area contributed by atoms with E-state index in [1.165, 1.54) is 49.1 Å². The molecule has 10 aromatic rings. The van der Waals surface area contributed by atoms with Crippen molar-refractivity contribution in [1.29, 1.82) is 0 Å². The Morgan fingerprint density at radius 3 is 2.08 bits per heavy atom. The summed E-state index contributed by atoms with van der Waals surface area (Å²) in [5.41, 5.74) is 12.0. The van der Waals surface area contributed by atoms with E-state index in [1.807, 2.05) is 24.3 Å². The van der Waals surface area contributed by atoms with Gasteiger partial charge in [-0.3, -0.25) is 4.98 Å². The zero-order valence-electron chi connectivity index (χ0n) is 37.8. The number of nitrogens with zero attached hydrogens (tertiary/aromatic N) is 3. The van der Waals surface area contributed by atoms with Crippen molar-refractivity contribution in [2.75, 3.05) is 0 Å². The summed E-state index contributed by atoms with van der Waals surface area (Å²) >= 11 is 0. The molecule has 0 N–H and O–H groups in total. The predicted octanol–water partition coefficient (Wildman–Crippen LogP) is 15.2. The second kappa shape index (κ2) is 17.8. The molecule has 0 aliphatic rings. The van der Waals surface area contributed by atoms with Crippen molar-refractivity contribution in [3.8, 4) is 28.3 Å². The molecule has 1 radical (unpaired) electrons. The van der Waals surface area contributed by atoms with Gasteiger partial charge in [0.05, 0.1) is 30.5 Å². The molecule has 0 aliphatic carbocycles. The first kappa shape index (κ1) is 44.0. The summed E-state index contributed by atoms with van der Waals surface area (Å²) < 4.78 is 9.10. The number of aromatic nitrogens is 3. The number of fused-ring (bicyclic) bond motifs is 7. The summed E-state index contributed by atoms with van der Waals surface area (Å²) in [5.74, 6) is 2.22. The minimum absolute atomic E-state index is 0. The topological polar surface area (TPSA) is 43.9 Å². The number of imidazole rings is 1. The summed E-state index contributed by atoms with van der Waals surface area (Å²) in [6, 6.07) is 53.8. The Hall–Kier alpha value is -5.65. The van der Waals surface area contributed by atoms with Crippen molar-refractivity contribution < 1.29 is 24.5 Å². The van der Waals surface area contributed by atoms with Crippen molar-refractivity contribution in [2.45, 2.75) is 79.4 Å². The average molecular weight is 1020 g/mol. The maximum atomic E-state index is 6.75.